The van der Waals surface area contributed by atoms with Gasteiger partial charge in [0.15, 0.2) is 6.04 Å². The van der Waals surface area contributed by atoms with E-state index in [0.717, 1.165) is 10.9 Å². The molecule has 0 spiro atoms. The Morgan fingerprint density at radius 2 is 2.30 bits per heavy atom. The lowest BCUT2D eigenvalue weighted by atomic mass is 10.1. The zero-order valence-corrected chi connectivity index (χ0v) is 10.6. The van der Waals surface area contributed by atoms with Crippen LogP contribution in [0.2, 0.25) is 0 Å². The molecule has 1 aliphatic rings. The van der Waals surface area contributed by atoms with Crippen LogP contribution in [-0.2, 0) is 9.53 Å². The van der Waals surface area contributed by atoms with Crippen LogP contribution < -0.4 is 0 Å². The number of aromatic nitrogens is 2. The summed E-state index contributed by atoms with van der Waals surface area (Å²) >= 11 is 0. The van der Waals surface area contributed by atoms with E-state index in [2.05, 4.69) is 10.2 Å². The van der Waals surface area contributed by atoms with Crippen LogP contribution in [0, 0.1) is 0 Å². The largest absolute Gasteiger partial charge is 0.480 e. The first-order valence-corrected chi connectivity index (χ1v) is 6.21. The van der Waals surface area contributed by atoms with Crippen LogP contribution in [0.15, 0.2) is 24.4 Å². The zero-order chi connectivity index (χ0) is 14.1. The van der Waals surface area contributed by atoms with E-state index in [4.69, 9.17) is 9.84 Å². The van der Waals surface area contributed by atoms with Gasteiger partial charge >= 0.3 is 5.97 Å². The number of fused-ring (bicyclic) bond motifs is 1. The van der Waals surface area contributed by atoms with Crippen LogP contribution in [0.1, 0.15) is 10.4 Å². The van der Waals surface area contributed by atoms with Gasteiger partial charge in [0.2, 0.25) is 0 Å². The van der Waals surface area contributed by atoms with Gasteiger partial charge in [-0.25, -0.2) is 4.79 Å². The minimum absolute atomic E-state index is 0.0228. The van der Waals surface area contributed by atoms with Gasteiger partial charge in [-0.3, -0.25) is 9.89 Å². The van der Waals surface area contributed by atoms with Crippen molar-refractivity contribution in [2.45, 2.75) is 6.04 Å². The second kappa shape index (κ2) is 4.93. The highest BCUT2D eigenvalue weighted by atomic mass is 16.5. The quantitative estimate of drug-likeness (QED) is 0.831. The van der Waals surface area contributed by atoms with Crippen LogP contribution in [0.5, 0.6) is 0 Å². The highest BCUT2D eigenvalue weighted by molar-refractivity contribution is 5.99. The van der Waals surface area contributed by atoms with Crippen LogP contribution >= 0.6 is 0 Å². The number of amides is 1. The number of benzene rings is 1. The molecule has 7 nitrogen and oxygen atoms in total. The number of carboxylic acids is 1. The molecule has 1 aliphatic heterocycles. The second-order valence-corrected chi connectivity index (χ2v) is 4.60. The number of carbonyl (C=O) groups is 2. The van der Waals surface area contributed by atoms with Crippen molar-refractivity contribution in [3.8, 4) is 0 Å². The number of nitrogens with zero attached hydrogens (tertiary/aromatic N) is 2. The Labute approximate surface area is 114 Å². The highest BCUT2D eigenvalue weighted by Crippen LogP contribution is 2.17. The predicted molar refractivity (Wildman–Crippen MR) is 69.4 cm³/mol. The normalized spacial score (nSPS) is 19.2. The Hall–Kier alpha value is -2.41. The van der Waals surface area contributed by atoms with Gasteiger partial charge in [-0.2, -0.15) is 5.10 Å². The molecule has 1 saturated heterocycles. The van der Waals surface area contributed by atoms with Crippen molar-refractivity contribution in [2.24, 2.45) is 0 Å². The number of carboxylic acid groups (broad SMARTS) is 1. The molecule has 1 aromatic carbocycles. The first kappa shape index (κ1) is 12.6. The van der Waals surface area contributed by atoms with E-state index in [-0.39, 0.29) is 19.1 Å². The molecule has 7 heteroatoms. The number of rotatable bonds is 2. The standard InChI is InChI=1S/C13H13N3O4/c17-12(16-3-4-20-7-11(16)13(18)19)8-1-2-10-9(5-8)6-14-15-10/h1-2,5-6,11H,3-4,7H2,(H,14,15)(H,18,19). The van der Waals surface area contributed by atoms with Gasteiger partial charge in [0, 0.05) is 17.5 Å². The summed E-state index contributed by atoms with van der Waals surface area (Å²) in [7, 11) is 0. The number of hydrogen-bond donors (Lipinski definition) is 2. The van der Waals surface area contributed by atoms with Crippen molar-refractivity contribution in [1.82, 2.24) is 15.1 Å². The maximum absolute atomic E-state index is 12.5. The van der Waals surface area contributed by atoms with E-state index in [1.54, 1.807) is 24.4 Å². The molecule has 1 fully saturated rings. The van der Waals surface area contributed by atoms with Gasteiger partial charge in [-0.15, -0.1) is 0 Å². The summed E-state index contributed by atoms with van der Waals surface area (Å²) in [5.41, 5.74) is 1.28. The van der Waals surface area contributed by atoms with Crippen molar-refractivity contribution < 1.29 is 19.4 Å². The fourth-order valence-corrected chi connectivity index (χ4v) is 2.29. The molecule has 1 unspecified atom stereocenters. The summed E-state index contributed by atoms with van der Waals surface area (Å²) in [6.45, 7) is 0.651. The van der Waals surface area contributed by atoms with Gasteiger partial charge in [0.1, 0.15) is 0 Å². The Morgan fingerprint density at radius 3 is 3.10 bits per heavy atom. The SMILES string of the molecule is O=C(O)C1COCCN1C(=O)c1ccc2[nH]ncc2c1. The van der Waals surface area contributed by atoms with Crippen molar-refractivity contribution in [3.63, 3.8) is 0 Å². The van der Waals surface area contributed by atoms with Gasteiger partial charge in [-0.1, -0.05) is 0 Å². The lowest BCUT2D eigenvalue weighted by molar-refractivity contribution is -0.147. The molecule has 0 radical (unpaired) electrons. The Morgan fingerprint density at radius 1 is 1.45 bits per heavy atom. The minimum Gasteiger partial charge on any atom is -0.480 e. The summed E-state index contributed by atoms with van der Waals surface area (Å²) in [5.74, 6) is -1.36. The number of morpholine rings is 1. The average Bonchev–Trinajstić information content (AvgIpc) is 2.93. The van der Waals surface area contributed by atoms with Crippen LogP contribution in [0.3, 0.4) is 0 Å². The monoisotopic (exact) mass is 275 g/mol. The third-order valence-corrected chi connectivity index (χ3v) is 3.36. The average molecular weight is 275 g/mol. The summed E-state index contributed by atoms with van der Waals surface area (Å²) in [6.07, 6.45) is 1.63. The predicted octanol–water partition coefficient (Wildman–Crippen LogP) is 0.488. The smallest absolute Gasteiger partial charge is 0.328 e. The summed E-state index contributed by atoms with van der Waals surface area (Å²) in [5, 5.41) is 16.7. The first-order valence-electron chi connectivity index (χ1n) is 6.21. The molecule has 3 rings (SSSR count). The molecule has 1 amide bonds. The third kappa shape index (κ3) is 2.12. The summed E-state index contributed by atoms with van der Waals surface area (Å²) in [6, 6.07) is 4.19. The van der Waals surface area contributed by atoms with E-state index in [0.29, 0.717) is 12.2 Å². The van der Waals surface area contributed by atoms with Gasteiger partial charge in [0.05, 0.1) is 24.9 Å². The van der Waals surface area contributed by atoms with E-state index in [9.17, 15) is 9.59 Å². The van der Waals surface area contributed by atoms with E-state index in [1.165, 1.54) is 4.90 Å². The molecule has 104 valence electrons. The van der Waals surface area contributed by atoms with Gasteiger partial charge in [0.25, 0.3) is 5.91 Å². The number of carbonyl (C=O) groups excluding carboxylic acids is 1. The number of hydrogen-bond acceptors (Lipinski definition) is 4. The number of nitrogens with one attached hydrogen (secondary N) is 1. The van der Waals surface area contributed by atoms with Crippen LogP contribution in [0.4, 0.5) is 0 Å². The molecule has 1 atom stereocenters. The summed E-state index contributed by atoms with van der Waals surface area (Å²) < 4.78 is 5.13. The van der Waals surface area contributed by atoms with Crippen molar-refractivity contribution in [3.05, 3.63) is 30.0 Å². The van der Waals surface area contributed by atoms with Crippen molar-refractivity contribution >= 4 is 22.8 Å². The first-order chi connectivity index (χ1) is 9.66. The molecule has 2 heterocycles. The van der Waals surface area contributed by atoms with Crippen molar-refractivity contribution in [2.75, 3.05) is 19.8 Å². The number of aliphatic carboxylic acids is 1. The molecule has 0 saturated carbocycles. The lowest BCUT2D eigenvalue weighted by Crippen LogP contribution is -2.52. The maximum atomic E-state index is 12.5. The third-order valence-electron chi connectivity index (χ3n) is 3.36. The molecule has 2 N–H and O–H groups in total. The maximum Gasteiger partial charge on any atom is 0.328 e. The van der Waals surface area contributed by atoms with Crippen LogP contribution in [0.25, 0.3) is 10.9 Å². The Bertz CT molecular complexity index is 666. The molecule has 0 bridgehead atoms. The zero-order valence-electron chi connectivity index (χ0n) is 10.6. The fraction of sp³-hybridized carbons (Fsp3) is 0.308. The highest BCUT2D eigenvalue weighted by Gasteiger charge is 2.33. The topological polar surface area (TPSA) is 95.5 Å². The molecule has 1 aromatic heterocycles. The van der Waals surface area contributed by atoms with Crippen molar-refractivity contribution in [1.29, 1.82) is 0 Å². The molecular formula is C13H13N3O4. The molecular weight excluding hydrogens is 262 g/mol. The molecule has 0 aliphatic carbocycles. The Kier molecular flexibility index (Phi) is 3.11. The van der Waals surface area contributed by atoms with Gasteiger partial charge in [-0.05, 0) is 18.2 Å². The Balaban J connectivity index is 1.91. The van der Waals surface area contributed by atoms with E-state index in [1.807, 2.05) is 0 Å². The van der Waals surface area contributed by atoms with Crippen LogP contribution in [-0.4, -0.2) is 57.9 Å². The fourth-order valence-electron chi connectivity index (χ4n) is 2.29. The summed E-state index contributed by atoms with van der Waals surface area (Å²) in [4.78, 5) is 25.0. The second-order valence-electron chi connectivity index (χ2n) is 4.60. The number of aromatic amines is 1. The number of ether oxygens (including phenoxy) is 1. The molecule has 20 heavy (non-hydrogen) atoms. The molecule has 2 aromatic rings. The number of H-pyrrole nitrogens is 1. The van der Waals surface area contributed by atoms with E-state index < -0.39 is 12.0 Å². The lowest BCUT2D eigenvalue weighted by Gasteiger charge is -2.32. The minimum atomic E-state index is -1.05. The van der Waals surface area contributed by atoms with Gasteiger partial charge < -0.3 is 14.7 Å². The van der Waals surface area contributed by atoms with E-state index >= 15 is 0 Å².